The highest BCUT2D eigenvalue weighted by Crippen LogP contribution is 2.46. The minimum Gasteiger partial charge on any atom is -0.493 e. The number of phosphoric ester groups is 1. The van der Waals surface area contributed by atoms with Crippen LogP contribution < -0.4 is 4.74 Å². The predicted molar refractivity (Wildman–Crippen MR) is 197 cm³/mol. The van der Waals surface area contributed by atoms with Crippen molar-refractivity contribution >= 4 is 13.6 Å². The zero-order valence-electron chi connectivity index (χ0n) is 31.0. The van der Waals surface area contributed by atoms with E-state index in [0.29, 0.717) is 32.3 Å². The number of nitrogens with zero attached hydrogens (tertiary/aromatic N) is 1. The van der Waals surface area contributed by atoms with Gasteiger partial charge in [0.05, 0.1) is 19.3 Å². The molecular formula is C39H72NO6P. The van der Waals surface area contributed by atoms with E-state index in [1.807, 2.05) is 52.2 Å². The number of carbonyl (C=O) groups excluding carboxylic acids is 1. The Morgan fingerprint density at radius 2 is 1.36 bits per heavy atom. The first-order valence-electron chi connectivity index (χ1n) is 19.2. The van der Waals surface area contributed by atoms with Gasteiger partial charge in [-0.15, -0.1) is 0 Å². The molecule has 0 aliphatic rings. The second-order valence-corrected chi connectivity index (χ2v) is 15.2. The van der Waals surface area contributed by atoms with Crippen molar-refractivity contribution in [3.05, 3.63) is 29.8 Å². The Bertz CT molecular complexity index is 942. The number of phosphoric acid groups is 1. The van der Waals surface area contributed by atoms with Crippen molar-refractivity contribution in [2.45, 2.75) is 168 Å². The van der Waals surface area contributed by atoms with Crippen molar-refractivity contribution in [2.75, 3.05) is 33.9 Å². The monoisotopic (exact) mass is 682 g/mol. The molecule has 0 radical (unpaired) electrons. The molecule has 274 valence electrons. The Morgan fingerprint density at radius 3 is 1.89 bits per heavy atom. The second-order valence-electron chi connectivity index (χ2n) is 13.8. The minimum absolute atomic E-state index is 0.0267. The second kappa shape index (κ2) is 28.6. The summed E-state index contributed by atoms with van der Waals surface area (Å²) in [5.74, 6) is 0.674. The van der Waals surface area contributed by atoms with Crippen LogP contribution in [0, 0.1) is 5.92 Å². The van der Waals surface area contributed by atoms with E-state index >= 15 is 0 Å². The average Bonchev–Trinajstić information content (AvgIpc) is 3.05. The number of rotatable bonds is 33. The van der Waals surface area contributed by atoms with Crippen molar-refractivity contribution in [2.24, 2.45) is 5.92 Å². The zero-order valence-corrected chi connectivity index (χ0v) is 31.9. The van der Waals surface area contributed by atoms with Crippen LogP contribution in [0.4, 0.5) is 0 Å². The van der Waals surface area contributed by atoms with Crippen LogP contribution in [-0.4, -0.2) is 55.5 Å². The summed E-state index contributed by atoms with van der Waals surface area (Å²) in [6, 6.07) is 7.92. The first kappa shape index (κ1) is 43.8. The van der Waals surface area contributed by atoms with Crippen molar-refractivity contribution in [3.8, 4) is 5.75 Å². The lowest BCUT2D eigenvalue weighted by Crippen LogP contribution is -2.19. The van der Waals surface area contributed by atoms with E-state index < -0.39 is 7.82 Å². The molecule has 0 aliphatic carbocycles. The Labute approximate surface area is 289 Å². The summed E-state index contributed by atoms with van der Waals surface area (Å²) in [4.78, 5) is 25.0. The molecule has 1 aromatic rings. The first-order valence-corrected chi connectivity index (χ1v) is 20.7. The molecule has 1 aromatic carbocycles. The smallest absolute Gasteiger partial charge is 0.472 e. The molecule has 0 aliphatic heterocycles. The third kappa shape index (κ3) is 24.5. The van der Waals surface area contributed by atoms with Gasteiger partial charge in [0.15, 0.2) is 0 Å². The maximum Gasteiger partial charge on any atom is 0.472 e. The molecule has 0 fully saturated rings. The highest BCUT2D eigenvalue weighted by Gasteiger charge is 2.28. The standard InChI is InChI=1S/C39H72NO6P/c1-6-9-10-11-12-13-14-15-16-17-18-19-20-21-22-25-31-44-39-29-24-23-27-36(39)32-35(33-37(41)7-2)34-45-47(42,43)46-38(8-3)28-26-30-40(4)5/h23-24,27,29,35,38H,6-22,25-26,28,30-34H2,1-5H3,(H,42,43). The van der Waals surface area contributed by atoms with Gasteiger partial charge in [0.1, 0.15) is 11.5 Å². The molecule has 0 bridgehead atoms. The maximum absolute atomic E-state index is 12.8. The van der Waals surface area contributed by atoms with Gasteiger partial charge in [0.2, 0.25) is 0 Å². The van der Waals surface area contributed by atoms with Gasteiger partial charge in [-0.05, 0) is 70.3 Å². The summed E-state index contributed by atoms with van der Waals surface area (Å²) < 4.78 is 30.1. The summed E-state index contributed by atoms with van der Waals surface area (Å²) in [5.41, 5.74) is 0.991. The van der Waals surface area contributed by atoms with E-state index in [2.05, 4.69) is 11.8 Å². The van der Waals surface area contributed by atoms with E-state index in [-0.39, 0.29) is 30.8 Å². The van der Waals surface area contributed by atoms with E-state index in [1.165, 1.54) is 96.3 Å². The number of ether oxygens (including phenoxy) is 1. The van der Waals surface area contributed by atoms with Gasteiger partial charge in [-0.1, -0.05) is 135 Å². The van der Waals surface area contributed by atoms with Gasteiger partial charge in [-0.25, -0.2) is 4.57 Å². The molecule has 0 saturated heterocycles. The summed E-state index contributed by atoms with van der Waals surface area (Å²) >= 11 is 0. The molecule has 1 rings (SSSR count). The zero-order chi connectivity index (χ0) is 34.6. The molecular weight excluding hydrogens is 609 g/mol. The summed E-state index contributed by atoms with van der Waals surface area (Å²) in [6.45, 7) is 7.59. The molecule has 0 saturated carbocycles. The van der Waals surface area contributed by atoms with E-state index in [0.717, 1.165) is 30.7 Å². The van der Waals surface area contributed by atoms with Gasteiger partial charge < -0.3 is 14.5 Å². The largest absolute Gasteiger partial charge is 0.493 e. The Balaban J connectivity index is 2.39. The average molecular weight is 682 g/mol. The van der Waals surface area contributed by atoms with Crippen LogP contribution in [0.3, 0.4) is 0 Å². The Morgan fingerprint density at radius 1 is 0.809 bits per heavy atom. The topological polar surface area (TPSA) is 85.3 Å². The van der Waals surface area contributed by atoms with Crippen LogP contribution >= 0.6 is 7.82 Å². The molecule has 0 aromatic heterocycles. The number of hydrogen-bond donors (Lipinski definition) is 1. The predicted octanol–water partition coefficient (Wildman–Crippen LogP) is 11.1. The lowest BCUT2D eigenvalue weighted by Gasteiger charge is -2.23. The van der Waals surface area contributed by atoms with Crippen LogP contribution in [0.25, 0.3) is 0 Å². The lowest BCUT2D eigenvalue weighted by molar-refractivity contribution is -0.120. The van der Waals surface area contributed by atoms with Gasteiger partial charge in [-0.2, -0.15) is 0 Å². The van der Waals surface area contributed by atoms with Crippen molar-refractivity contribution in [1.82, 2.24) is 4.90 Å². The van der Waals surface area contributed by atoms with Crippen LogP contribution in [-0.2, 0) is 24.8 Å². The van der Waals surface area contributed by atoms with E-state index in [9.17, 15) is 14.3 Å². The molecule has 1 N–H and O–H groups in total. The van der Waals surface area contributed by atoms with Crippen LogP contribution in [0.15, 0.2) is 24.3 Å². The molecule has 3 unspecified atom stereocenters. The van der Waals surface area contributed by atoms with Crippen LogP contribution in [0.1, 0.15) is 161 Å². The molecule has 7 nitrogen and oxygen atoms in total. The molecule has 0 spiro atoms. The number of para-hydroxylation sites is 1. The third-order valence-corrected chi connectivity index (χ3v) is 10.0. The molecule has 0 amide bonds. The van der Waals surface area contributed by atoms with Crippen molar-refractivity contribution in [1.29, 1.82) is 0 Å². The van der Waals surface area contributed by atoms with Crippen molar-refractivity contribution in [3.63, 3.8) is 0 Å². The number of unbranched alkanes of at least 4 members (excludes halogenated alkanes) is 15. The molecule has 8 heteroatoms. The number of benzene rings is 1. The number of hydrogen-bond acceptors (Lipinski definition) is 6. The Kier molecular flexibility index (Phi) is 26.6. The van der Waals surface area contributed by atoms with Gasteiger partial charge in [0.25, 0.3) is 0 Å². The minimum atomic E-state index is -4.26. The van der Waals surface area contributed by atoms with Crippen LogP contribution in [0.2, 0.25) is 0 Å². The van der Waals surface area contributed by atoms with Gasteiger partial charge in [-0.3, -0.25) is 13.8 Å². The summed E-state index contributed by atoms with van der Waals surface area (Å²) in [5, 5.41) is 0. The number of Topliss-reactive ketones (excluding diaryl/α,β-unsaturated/α-hetero) is 1. The van der Waals surface area contributed by atoms with Crippen LogP contribution in [0.5, 0.6) is 5.75 Å². The molecule has 0 heterocycles. The van der Waals surface area contributed by atoms with Gasteiger partial charge >= 0.3 is 7.82 Å². The van der Waals surface area contributed by atoms with Gasteiger partial charge in [0, 0.05) is 12.8 Å². The highest BCUT2D eigenvalue weighted by molar-refractivity contribution is 7.47. The fraction of sp³-hybridized carbons (Fsp3) is 0.821. The van der Waals surface area contributed by atoms with Crippen molar-refractivity contribution < 1.29 is 28.0 Å². The fourth-order valence-electron chi connectivity index (χ4n) is 6.00. The van der Waals surface area contributed by atoms with E-state index in [4.69, 9.17) is 13.8 Å². The van der Waals surface area contributed by atoms with E-state index in [1.54, 1.807) is 0 Å². The number of ketones is 1. The summed E-state index contributed by atoms with van der Waals surface area (Å²) in [6.07, 6.45) is 24.5. The normalized spacial score (nSPS) is 14.3. The lowest BCUT2D eigenvalue weighted by atomic mass is 9.94. The fourth-order valence-corrected chi connectivity index (χ4v) is 7.09. The third-order valence-electron chi connectivity index (χ3n) is 8.99. The first-order chi connectivity index (χ1) is 22.7. The molecule has 3 atom stereocenters. The summed E-state index contributed by atoms with van der Waals surface area (Å²) in [7, 11) is -0.247. The highest BCUT2D eigenvalue weighted by atomic mass is 31.2. The molecule has 47 heavy (non-hydrogen) atoms. The quantitative estimate of drug-likeness (QED) is 0.0584. The maximum atomic E-state index is 12.8. The SMILES string of the molecule is CCCCCCCCCCCCCCCCCCOc1ccccc1CC(COP(=O)(O)OC(CC)CCCN(C)C)CC(=O)CC. The number of carbonyl (C=O) groups is 1. The Hall–Kier alpha value is -1.24.